The minimum Gasteiger partial charge on any atom is -0.249 e. The van der Waals surface area contributed by atoms with E-state index in [-0.39, 0.29) is 10.6 Å². The van der Waals surface area contributed by atoms with Gasteiger partial charge in [0.05, 0.1) is 0 Å². The number of hydrogen-bond donors (Lipinski definition) is 0. The zero-order chi connectivity index (χ0) is 13.9. The van der Waals surface area contributed by atoms with E-state index in [2.05, 4.69) is 10.1 Å². The first-order valence-electron chi connectivity index (χ1n) is 5.88. The number of nitrogens with zero attached hydrogens (tertiary/aromatic N) is 3. The summed E-state index contributed by atoms with van der Waals surface area (Å²) in [5.41, 5.74) is 0. The van der Waals surface area contributed by atoms with E-state index in [1.165, 1.54) is 29.2 Å². The zero-order valence-electron chi connectivity index (χ0n) is 10.5. The number of aromatic nitrogens is 3. The van der Waals surface area contributed by atoms with Gasteiger partial charge in [-0.15, -0.1) is 0 Å². The summed E-state index contributed by atoms with van der Waals surface area (Å²) in [5.74, 6) is -0.775. The molecular weight excluding hydrogens is 269 g/mol. The molecule has 0 aliphatic heterocycles. The number of sulfone groups is 1. The second kappa shape index (κ2) is 5.48. The Bertz CT molecular complexity index is 667. The van der Waals surface area contributed by atoms with E-state index < -0.39 is 15.7 Å². The Labute approximate surface area is 111 Å². The summed E-state index contributed by atoms with van der Waals surface area (Å²) in [6, 6.07) is 5.33. The maximum Gasteiger partial charge on any atom is 0.188 e. The highest BCUT2D eigenvalue weighted by atomic mass is 32.2. The van der Waals surface area contributed by atoms with Crippen LogP contribution in [0.1, 0.15) is 19.2 Å². The van der Waals surface area contributed by atoms with Gasteiger partial charge < -0.3 is 0 Å². The summed E-state index contributed by atoms with van der Waals surface area (Å²) in [7, 11) is -3.75. The lowest BCUT2D eigenvalue weighted by atomic mass is 10.3. The molecule has 2 aromatic rings. The van der Waals surface area contributed by atoms with Gasteiger partial charge in [-0.3, -0.25) is 0 Å². The summed E-state index contributed by atoms with van der Waals surface area (Å²) in [4.78, 5) is 3.62. The standard InChI is InChI=1S/C12H14FN3O2S/c1-2-7-16-12(14-9-15-16)8-19(17,18)11-6-4-3-5-10(11)13/h3-6,9H,2,7-8H2,1H3. The normalized spacial score (nSPS) is 11.7. The molecule has 0 saturated carbocycles. The molecule has 1 heterocycles. The number of benzene rings is 1. The predicted octanol–water partition coefficient (Wildman–Crippen LogP) is 1.80. The molecule has 0 bridgehead atoms. The molecule has 5 nitrogen and oxygen atoms in total. The van der Waals surface area contributed by atoms with Crippen LogP contribution < -0.4 is 0 Å². The van der Waals surface area contributed by atoms with Crippen LogP contribution >= 0.6 is 0 Å². The predicted molar refractivity (Wildman–Crippen MR) is 67.6 cm³/mol. The SMILES string of the molecule is CCCn1ncnc1CS(=O)(=O)c1ccccc1F. The molecule has 0 N–H and O–H groups in total. The van der Waals surface area contributed by atoms with E-state index in [1.54, 1.807) is 0 Å². The third-order valence-electron chi connectivity index (χ3n) is 2.62. The number of hydrogen-bond acceptors (Lipinski definition) is 4. The van der Waals surface area contributed by atoms with Crippen molar-refractivity contribution in [1.29, 1.82) is 0 Å². The Morgan fingerprint density at radius 3 is 2.74 bits per heavy atom. The third kappa shape index (κ3) is 2.98. The monoisotopic (exact) mass is 283 g/mol. The van der Waals surface area contributed by atoms with Crippen molar-refractivity contribution < 1.29 is 12.8 Å². The van der Waals surface area contributed by atoms with Crippen molar-refractivity contribution in [2.45, 2.75) is 30.5 Å². The zero-order valence-corrected chi connectivity index (χ0v) is 11.3. The van der Waals surface area contributed by atoms with E-state index in [0.29, 0.717) is 12.4 Å². The topological polar surface area (TPSA) is 64.8 Å². The summed E-state index contributed by atoms with van der Waals surface area (Å²) in [6.45, 7) is 2.54. The van der Waals surface area contributed by atoms with Gasteiger partial charge >= 0.3 is 0 Å². The molecule has 1 aromatic carbocycles. The maximum absolute atomic E-state index is 13.5. The molecule has 0 spiro atoms. The smallest absolute Gasteiger partial charge is 0.188 e. The van der Waals surface area contributed by atoms with E-state index in [1.807, 2.05) is 6.92 Å². The lowest BCUT2D eigenvalue weighted by Crippen LogP contribution is -2.13. The molecule has 7 heteroatoms. The van der Waals surface area contributed by atoms with Crippen LogP contribution in [-0.2, 0) is 22.1 Å². The molecule has 0 aliphatic rings. The molecule has 0 amide bonds. The Hall–Kier alpha value is -1.76. The van der Waals surface area contributed by atoms with E-state index in [9.17, 15) is 12.8 Å². The largest absolute Gasteiger partial charge is 0.249 e. The van der Waals surface area contributed by atoms with Crippen molar-refractivity contribution in [3.05, 3.63) is 42.2 Å². The maximum atomic E-state index is 13.5. The molecule has 0 unspecified atom stereocenters. The molecule has 19 heavy (non-hydrogen) atoms. The van der Waals surface area contributed by atoms with Crippen LogP contribution in [0.5, 0.6) is 0 Å². The van der Waals surface area contributed by atoms with Crippen LogP contribution in [0.2, 0.25) is 0 Å². The summed E-state index contributed by atoms with van der Waals surface area (Å²) in [5, 5.41) is 3.95. The van der Waals surface area contributed by atoms with Gasteiger partial charge in [0, 0.05) is 6.54 Å². The van der Waals surface area contributed by atoms with Gasteiger partial charge in [-0.2, -0.15) is 5.10 Å². The molecule has 0 fully saturated rings. The van der Waals surface area contributed by atoms with Crippen molar-refractivity contribution in [3.63, 3.8) is 0 Å². The van der Waals surface area contributed by atoms with Gasteiger partial charge in [0.2, 0.25) is 0 Å². The summed E-state index contributed by atoms with van der Waals surface area (Å²) in [6.07, 6.45) is 2.12. The Morgan fingerprint density at radius 1 is 1.32 bits per heavy atom. The van der Waals surface area contributed by atoms with Crippen molar-refractivity contribution in [2.24, 2.45) is 0 Å². The molecule has 102 valence electrons. The number of aryl methyl sites for hydroxylation is 1. The molecule has 2 rings (SSSR count). The van der Waals surface area contributed by atoms with Crippen LogP contribution in [0.15, 0.2) is 35.5 Å². The second-order valence-electron chi connectivity index (χ2n) is 4.09. The molecule has 0 saturated heterocycles. The van der Waals surface area contributed by atoms with Crippen molar-refractivity contribution in [2.75, 3.05) is 0 Å². The average molecular weight is 283 g/mol. The minimum atomic E-state index is -3.75. The van der Waals surface area contributed by atoms with Gasteiger partial charge in [-0.05, 0) is 18.6 Å². The van der Waals surface area contributed by atoms with E-state index in [4.69, 9.17) is 0 Å². The number of rotatable bonds is 5. The fourth-order valence-electron chi connectivity index (χ4n) is 1.74. The number of halogens is 1. The summed E-state index contributed by atoms with van der Waals surface area (Å²) < 4.78 is 39.4. The Balaban J connectivity index is 2.32. The average Bonchev–Trinajstić information content (AvgIpc) is 2.77. The minimum absolute atomic E-state index is 0.305. The van der Waals surface area contributed by atoms with Gasteiger partial charge in [-0.1, -0.05) is 19.1 Å². The van der Waals surface area contributed by atoms with Gasteiger partial charge in [0.1, 0.15) is 28.6 Å². The highest BCUT2D eigenvalue weighted by Crippen LogP contribution is 2.18. The van der Waals surface area contributed by atoms with Crippen molar-refractivity contribution >= 4 is 9.84 Å². The van der Waals surface area contributed by atoms with Gasteiger partial charge in [0.25, 0.3) is 0 Å². The van der Waals surface area contributed by atoms with E-state index in [0.717, 1.165) is 12.5 Å². The van der Waals surface area contributed by atoms with Crippen LogP contribution in [0, 0.1) is 5.82 Å². The highest BCUT2D eigenvalue weighted by Gasteiger charge is 2.22. The lowest BCUT2D eigenvalue weighted by molar-refractivity contribution is 0.554. The van der Waals surface area contributed by atoms with Crippen LogP contribution in [0.4, 0.5) is 4.39 Å². The molecule has 0 atom stereocenters. The molecular formula is C12H14FN3O2S. The fourth-order valence-corrected chi connectivity index (χ4v) is 3.11. The highest BCUT2D eigenvalue weighted by molar-refractivity contribution is 7.90. The molecule has 0 aliphatic carbocycles. The quantitative estimate of drug-likeness (QED) is 0.839. The fraction of sp³-hybridized carbons (Fsp3) is 0.333. The third-order valence-corrected chi connectivity index (χ3v) is 4.26. The van der Waals surface area contributed by atoms with E-state index >= 15 is 0 Å². The second-order valence-corrected chi connectivity index (χ2v) is 6.05. The molecule has 1 aromatic heterocycles. The van der Waals surface area contributed by atoms with Crippen molar-refractivity contribution in [3.8, 4) is 0 Å². The first-order valence-corrected chi connectivity index (χ1v) is 7.54. The molecule has 0 radical (unpaired) electrons. The first kappa shape index (κ1) is 13.7. The summed E-state index contributed by atoms with van der Waals surface area (Å²) >= 11 is 0. The van der Waals surface area contributed by atoms with Crippen LogP contribution in [0.25, 0.3) is 0 Å². The van der Waals surface area contributed by atoms with Gasteiger partial charge in [-0.25, -0.2) is 22.5 Å². The first-order chi connectivity index (χ1) is 9.04. The van der Waals surface area contributed by atoms with Crippen LogP contribution in [-0.4, -0.2) is 23.2 Å². The Morgan fingerprint density at radius 2 is 2.05 bits per heavy atom. The Kier molecular flexibility index (Phi) is 3.94. The van der Waals surface area contributed by atoms with Crippen molar-refractivity contribution in [1.82, 2.24) is 14.8 Å². The lowest BCUT2D eigenvalue weighted by Gasteiger charge is -2.06. The van der Waals surface area contributed by atoms with Crippen LogP contribution in [0.3, 0.4) is 0 Å². The van der Waals surface area contributed by atoms with Gasteiger partial charge in [0.15, 0.2) is 9.84 Å².